The SMILES string of the molecule is [2H]c1c([2H])c([2H])c2c(oc3c([2H])c(-c4nc(-c5ccccc5)nc(-c5ccc6c(c5)oc5ccccc56)n4)c([2H])c([2H])c32)c1-c1ccc2c(c1)oc1ccccc12. The van der Waals surface area contributed by atoms with Crippen LogP contribution in [0, 0.1) is 0 Å². The molecule has 51 heavy (non-hydrogen) atoms. The summed E-state index contributed by atoms with van der Waals surface area (Å²) >= 11 is 0. The summed E-state index contributed by atoms with van der Waals surface area (Å²) < 4.78 is 73.6. The molecule has 4 aromatic heterocycles. The van der Waals surface area contributed by atoms with Gasteiger partial charge in [-0.15, -0.1) is 0 Å². The van der Waals surface area contributed by atoms with Crippen molar-refractivity contribution in [2.45, 2.75) is 0 Å². The van der Waals surface area contributed by atoms with E-state index in [4.69, 9.17) is 32.3 Å². The van der Waals surface area contributed by atoms with E-state index < -0.39 is 0 Å². The van der Waals surface area contributed by atoms with Crippen LogP contribution in [0.4, 0.5) is 0 Å². The Morgan fingerprint density at radius 2 is 0.980 bits per heavy atom. The topological polar surface area (TPSA) is 78.1 Å². The zero-order valence-corrected chi connectivity index (χ0v) is 26.5. The number of para-hydroxylation sites is 3. The highest BCUT2D eigenvalue weighted by molar-refractivity contribution is 6.12. The molecule has 0 atom stereocenters. The van der Waals surface area contributed by atoms with E-state index in [9.17, 15) is 4.11 Å². The van der Waals surface area contributed by atoms with Crippen molar-refractivity contribution >= 4 is 65.8 Å². The van der Waals surface area contributed by atoms with Crippen LogP contribution in [-0.4, -0.2) is 15.0 Å². The number of rotatable bonds is 4. The number of fused-ring (bicyclic) bond motifs is 9. The summed E-state index contributed by atoms with van der Waals surface area (Å²) in [7, 11) is 0. The molecule has 0 fully saturated rings. The number of nitrogens with zero attached hydrogens (tertiary/aromatic N) is 3. The van der Waals surface area contributed by atoms with Crippen molar-refractivity contribution in [3.8, 4) is 45.3 Å². The molecule has 0 amide bonds. The molecule has 0 aliphatic rings. The lowest BCUT2D eigenvalue weighted by Gasteiger charge is -2.08. The highest BCUT2D eigenvalue weighted by Crippen LogP contribution is 2.40. The summed E-state index contributed by atoms with van der Waals surface area (Å²) in [4.78, 5) is 14.4. The largest absolute Gasteiger partial charge is 0.456 e. The van der Waals surface area contributed by atoms with E-state index in [0.717, 1.165) is 27.1 Å². The molecule has 0 saturated heterocycles. The van der Waals surface area contributed by atoms with Gasteiger partial charge in [-0.2, -0.15) is 0 Å². The zero-order valence-electron chi connectivity index (χ0n) is 32.5. The van der Waals surface area contributed by atoms with Crippen LogP contribution in [0.1, 0.15) is 8.22 Å². The van der Waals surface area contributed by atoms with Gasteiger partial charge < -0.3 is 13.3 Å². The molecule has 0 aliphatic heterocycles. The summed E-state index contributed by atoms with van der Waals surface area (Å²) in [6, 6.07) is 33.9. The molecule has 6 heteroatoms. The van der Waals surface area contributed by atoms with Crippen molar-refractivity contribution in [1.29, 1.82) is 0 Å². The van der Waals surface area contributed by atoms with Gasteiger partial charge >= 0.3 is 0 Å². The van der Waals surface area contributed by atoms with Crippen molar-refractivity contribution in [2.24, 2.45) is 0 Å². The second-order valence-electron chi connectivity index (χ2n) is 12.3. The van der Waals surface area contributed by atoms with Crippen molar-refractivity contribution in [1.82, 2.24) is 15.0 Å². The maximum Gasteiger partial charge on any atom is 0.164 e. The Kier molecular flexibility index (Phi) is 4.74. The molecule has 6 nitrogen and oxygen atoms in total. The van der Waals surface area contributed by atoms with Crippen molar-refractivity contribution in [3.05, 3.63) is 152 Å². The monoisotopic (exact) mass is 661 g/mol. The van der Waals surface area contributed by atoms with Gasteiger partial charge in [0.05, 0.1) is 8.22 Å². The third kappa shape index (κ3) is 4.40. The smallest absolute Gasteiger partial charge is 0.164 e. The van der Waals surface area contributed by atoms with Gasteiger partial charge in [0.2, 0.25) is 0 Å². The minimum atomic E-state index is -0.373. The number of furan rings is 3. The lowest BCUT2D eigenvalue weighted by molar-refractivity contribution is 0.668. The second kappa shape index (κ2) is 10.7. The fraction of sp³-hybridized carbons (Fsp3) is 0. The number of benzene rings is 7. The Bertz CT molecular complexity index is 3500. The molecular formula is C45H25N3O3. The predicted molar refractivity (Wildman–Crippen MR) is 203 cm³/mol. The van der Waals surface area contributed by atoms with Crippen molar-refractivity contribution < 1.29 is 21.5 Å². The van der Waals surface area contributed by atoms with E-state index in [1.807, 2.05) is 103 Å². The molecule has 238 valence electrons. The maximum atomic E-state index is 9.51. The van der Waals surface area contributed by atoms with Crippen LogP contribution >= 0.6 is 0 Å². The first-order chi connectivity index (χ1) is 27.7. The van der Waals surface area contributed by atoms with E-state index >= 15 is 0 Å². The number of aromatic nitrogens is 3. The summed E-state index contributed by atoms with van der Waals surface area (Å²) in [6.07, 6.45) is 0. The zero-order chi connectivity index (χ0) is 38.7. The van der Waals surface area contributed by atoms with E-state index in [1.165, 1.54) is 0 Å². The number of hydrogen-bond acceptors (Lipinski definition) is 6. The quantitative estimate of drug-likeness (QED) is 0.187. The Labute approximate surface area is 298 Å². The van der Waals surface area contributed by atoms with E-state index in [0.29, 0.717) is 39.3 Å². The summed E-state index contributed by atoms with van der Waals surface area (Å²) in [6.45, 7) is 0. The normalized spacial score (nSPS) is 13.6. The first-order valence-electron chi connectivity index (χ1n) is 19.4. The van der Waals surface area contributed by atoms with E-state index in [2.05, 4.69) is 0 Å². The average molecular weight is 662 g/mol. The van der Waals surface area contributed by atoms with Gasteiger partial charge in [-0.1, -0.05) is 103 Å². The molecule has 0 aliphatic carbocycles. The van der Waals surface area contributed by atoms with Crippen molar-refractivity contribution in [3.63, 3.8) is 0 Å². The lowest BCUT2D eigenvalue weighted by atomic mass is 10.0. The molecule has 11 aromatic rings. The summed E-state index contributed by atoms with van der Waals surface area (Å²) in [5.74, 6) is 0.550. The van der Waals surface area contributed by atoms with Crippen LogP contribution in [0.25, 0.3) is 111 Å². The predicted octanol–water partition coefficient (Wildman–Crippen LogP) is 12.2. The minimum absolute atomic E-state index is 0.0153. The van der Waals surface area contributed by atoms with Gasteiger partial charge in [-0.3, -0.25) is 0 Å². The highest BCUT2D eigenvalue weighted by Gasteiger charge is 2.18. The third-order valence-electron chi connectivity index (χ3n) is 9.26. The first kappa shape index (κ1) is 22.6. The van der Waals surface area contributed by atoms with Crippen LogP contribution < -0.4 is 0 Å². The Hall–Kier alpha value is -7.05. The second-order valence-corrected chi connectivity index (χ2v) is 12.3. The van der Waals surface area contributed by atoms with Gasteiger partial charge in [0.25, 0.3) is 0 Å². The minimum Gasteiger partial charge on any atom is -0.456 e. The van der Waals surface area contributed by atoms with Gasteiger partial charge in [0, 0.05) is 54.6 Å². The van der Waals surface area contributed by atoms with Gasteiger partial charge in [-0.25, -0.2) is 15.0 Å². The average Bonchev–Trinajstić information content (AvgIpc) is 3.94. The molecule has 4 heterocycles. The molecule has 0 spiro atoms. The lowest BCUT2D eigenvalue weighted by Crippen LogP contribution is -2.00. The third-order valence-corrected chi connectivity index (χ3v) is 9.26. The van der Waals surface area contributed by atoms with Gasteiger partial charge in [0.1, 0.15) is 33.5 Å². The highest BCUT2D eigenvalue weighted by atomic mass is 16.3. The first-order valence-corrected chi connectivity index (χ1v) is 16.4. The van der Waals surface area contributed by atoms with Crippen molar-refractivity contribution in [2.75, 3.05) is 0 Å². The molecular weight excluding hydrogens is 631 g/mol. The molecule has 0 N–H and O–H groups in total. The Morgan fingerprint density at radius 3 is 1.71 bits per heavy atom. The van der Waals surface area contributed by atoms with Crippen LogP contribution in [0.5, 0.6) is 0 Å². The van der Waals surface area contributed by atoms with E-state index in [-0.39, 0.29) is 81.0 Å². The molecule has 0 radical (unpaired) electrons. The fourth-order valence-electron chi connectivity index (χ4n) is 6.81. The van der Waals surface area contributed by atoms with E-state index in [1.54, 1.807) is 12.1 Å². The van der Waals surface area contributed by atoms with Gasteiger partial charge in [-0.05, 0) is 54.0 Å². The van der Waals surface area contributed by atoms with Crippen LogP contribution in [-0.2, 0) is 0 Å². The maximum absolute atomic E-state index is 9.51. The molecule has 11 rings (SSSR count). The molecule has 0 bridgehead atoms. The van der Waals surface area contributed by atoms with Crippen LogP contribution in [0.3, 0.4) is 0 Å². The number of hydrogen-bond donors (Lipinski definition) is 0. The molecule has 0 unspecified atom stereocenters. The standard InChI is InChI=1S/C45H25N3O3/c1-2-9-26(10-3-1)43-46-44(28-18-21-34-32-12-5-7-16-38(32)50-40(34)24-28)48-45(47-43)29-19-22-35-36-14-8-13-30(42(36)51-41(35)25-29)27-17-20-33-31-11-4-6-15-37(31)49-39(33)23-27/h1-25H/i8D,13D,14D,19D,22D,25D. The van der Waals surface area contributed by atoms with Crippen LogP contribution in [0.15, 0.2) is 165 Å². The van der Waals surface area contributed by atoms with Crippen LogP contribution in [0.2, 0.25) is 0 Å². The summed E-state index contributed by atoms with van der Waals surface area (Å²) in [5, 5.41) is 3.82. The molecule has 7 aromatic carbocycles. The Morgan fingerprint density at radius 1 is 0.392 bits per heavy atom. The summed E-state index contributed by atoms with van der Waals surface area (Å²) in [5.41, 5.74) is 4.58. The Balaban J connectivity index is 1.15. The fourth-order valence-corrected chi connectivity index (χ4v) is 6.81. The molecule has 0 saturated carbocycles. The van der Waals surface area contributed by atoms with Gasteiger partial charge in [0.15, 0.2) is 17.5 Å².